The Morgan fingerprint density at radius 1 is 1.07 bits per heavy atom. The summed E-state index contributed by atoms with van der Waals surface area (Å²) in [7, 11) is 1.77. The first-order chi connectivity index (χ1) is 13.2. The van der Waals surface area contributed by atoms with Gasteiger partial charge in [0.1, 0.15) is 0 Å². The number of nitrogens with zero attached hydrogens (tertiary/aromatic N) is 3. The molecule has 0 unspecified atom stereocenters. The highest BCUT2D eigenvalue weighted by atomic mass is 16.2. The Bertz CT molecular complexity index is 617. The molecule has 1 aliphatic heterocycles. The molecule has 3 rings (SSSR count). The van der Waals surface area contributed by atoms with Crippen LogP contribution in [0.15, 0.2) is 35.3 Å². The van der Waals surface area contributed by atoms with Crippen molar-refractivity contribution in [1.82, 2.24) is 15.5 Å². The van der Waals surface area contributed by atoms with E-state index in [1.54, 1.807) is 7.05 Å². The van der Waals surface area contributed by atoms with Crippen LogP contribution in [0.1, 0.15) is 32.6 Å². The van der Waals surface area contributed by atoms with Crippen LogP contribution in [-0.2, 0) is 4.79 Å². The van der Waals surface area contributed by atoms with Gasteiger partial charge in [-0.3, -0.25) is 9.79 Å². The number of amides is 1. The van der Waals surface area contributed by atoms with E-state index in [1.807, 2.05) is 11.0 Å². The molecule has 0 atom stereocenters. The molecule has 6 nitrogen and oxygen atoms in total. The van der Waals surface area contributed by atoms with Gasteiger partial charge in [-0.25, -0.2) is 0 Å². The number of piperazine rings is 1. The normalized spacial score (nSPS) is 23.9. The average Bonchev–Trinajstić information content (AvgIpc) is 2.73. The van der Waals surface area contributed by atoms with Crippen molar-refractivity contribution in [3.63, 3.8) is 0 Å². The second-order valence-corrected chi connectivity index (χ2v) is 7.73. The summed E-state index contributed by atoms with van der Waals surface area (Å²) < 4.78 is 0. The quantitative estimate of drug-likeness (QED) is 0.628. The van der Waals surface area contributed by atoms with E-state index in [4.69, 9.17) is 0 Å². The van der Waals surface area contributed by atoms with Crippen molar-refractivity contribution in [2.75, 3.05) is 44.7 Å². The molecule has 2 N–H and O–H groups in total. The zero-order valence-electron chi connectivity index (χ0n) is 16.7. The topological polar surface area (TPSA) is 60.0 Å². The second kappa shape index (κ2) is 9.62. The number of para-hydroxylation sites is 1. The highest BCUT2D eigenvalue weighted by Crippen LogP contribution is 2.23. The molecule has 0 bridgehead atoms. The minimum absolute atomic E-state index is 0.142. The third kappa shape index (κ3) is 5.62. The minimum atomic E-state index is 0.142. The van der Waals surface area contributed by atoms with Crippen LogP contribution in [-0.4, -0.2) is 62.6 Å². The maximum atomic E-state index is 12.6. The number of aliphatic imine (C=N–C) groups is 1. The molecular weight excluding hydrogens is 338 g/mol. The molecular formula is C21H33N5O. The van der Waals surface area contributed by atoms with Gasteiger partial charge >= 0.3 is 0 Å². The Morgan fingerprint density at radius 2 is 1.74 bits per heavy atom. The fraction of sp³-hybridized carbons (Fsp3) is 0.619. The van der Waals surface area contributed by atoms with Gasteiger partial charge in [-0.1, -0.05) is 25.1 Å². The summed E-state index contributed by atoms with van der Waals surface area (Å²) in [6.45, 7) is 5.91. The molecule has 0 spiro atoms. The van der Waals surface area contributed by atoms with E-state index in [-0.39, 0.29) is 5.91 Å². The number of carbonyl (C=O) groups excluding carboxylic acids is 1. The van der Waals surface area contributed by atoms with Gasteiger partial charge in [0, 0.05) is 45.0 Å². The molecule has 6 heteroatoms. The standard InChI is InChI=1S/C21H33N5O/c1-17-8-10-18(11-9-17)24-21(22-2)23-16-20(27)26-14-12-25(13-15-26)19-6-4-3-5-7-19/h3-7,17-18H,8-16H2,1-2H3,(H2,22,23,24). The lowest BCUT2D eigenvalue weighted by molar-refractivity contribution is -0.130. The Labute approximate surface area is 163 Å². The third-order valence-electron chi connectivity index (χ3n) is 5.74. The van der Waals surface area contributed by atoms with Crippen LogP contribution in [0.3, 0.4) is 0 Å². The van der Waals surface area contributed by atoms with Gasteiger partial charge in [0.2, 0.25) is 5.91 Å². The van der Waals surface area contributed by atoms with E-state index in [0.717, 1.165) is 38.1 Å². The van der Waals surface area contributed by atoms with Crippen molar-refractivity contribution < 1.29 is 4.79 Å². The lowest BCUT2D eigenvalue weighted by Gasteiger charge is -2.36. The molecule has 148 valence electrons. The van der Waals surface area contributed by atoms with E-state index in [1.165, 1.54) is 31.4 Å². The van der Waals surface area contributed by atoms with Crippen molar-refractivity contribution in [2.45, 2.75) is 38.6 Å². The van der Waals surface area contributed by atoms with Crippen molar-refractivity contribution >= 4 is 17.6 Å². The van der Waals surface area contributed by atoms with Gasteiger partial charge < -0.3 is 20.4 Å². The highest BCUT2D eigenvalue weighted by Gasteiger charge is 2.22. The van der Waals surface area contributed by atoms with Crippen molar-refractivity contribution in [2.24, 2.45) is 10.9 Å². The van der Waals surface area contributed by atoms with Gasteiger partial charge in [-0.05, 0) is 43.7 Å². The first-order valence-electron chi connectivity index (χ1n) is 10.2. The Kier molecular flexibility index (Phi) is 6.96. The maximum Gasteiger partial charge on any atom is 0.242 e. The summed E-state index contributed by atoms with van der Waals surface area (Å²) in [4.78, 5) is 21.1. The first kappa shape index (κ1) is 19.5. The Balaban J connectivity index is 1.40. The highest BCUT2D eigenvalue weighted by molar-refractivity contribution is 5.86. The van der Waals surface area contributed by atoms with Crippen molar-refractivity contribution in [3.8, 4) is 0 Å². The summed E-state index contributed by atoms with van der Waals surface area (Å²) >= 11 is 0. The predicted octanol–water partition coefficient (Wildman–Crippen LogP) is 2.08. The average molecular weight is 372 g/mol. The molecule has 0 radical (unpaired) electrons. The van der Waals surface area contributed by atoms with Gasteiger partial charge in [0.25, 0.3) is 0 Å². The molecule has 1 saturated carbocycles. The SMILES string of the molecule is CN=C(NCC(=O)N1CCN(c2ccccc2)CC1)NC1CCC(C)CC1. The van der Waals surface area contributed by atoms with Gasteiger partial charge in [-0.2, -0.15) is 0 Å². The zero-order valence-corrected chi connectivity index (χ0v) is 16.7. The number of hydrogen-bond donors (Lipinski definition) is 2. The number of benzene rings is 1. The predicted molar refractivity (Wildman–Crippen MR) is 111 cm³/mol. The molecule has 1 aromatic carbocycles. The van der Waals surface area contributed by atoms with E-state index in [9.17, 15) is 4.79 Å². The Morgan fingerprint density at radius 3 is 2.37 bits per heavy atom. The summed E-state index contributed by atoms with van der Waals surface area (Å²) in [5.74, 6) is 1.71. The number of anilines is 1. The number of hydrogen-bond acceptors (Lipinski definition) is 3. The number of carbonyl (C=O) groups is 1. The monoisotopic (exact) mass is 371 g/mol. The first-order valence-corrected chi connectivity index (χ1v) is 10.2. The molecule has 27 heavy (non-hydrogen) atoms. The zero-order chi connectivity index (χ0) is 19.1. The largest absolute Gasteiger partial charge is 0.368 e. The minimum Gasteiger partial charge on any atom is -0.368 e. The van der Waals surface area contributed by atoms with Crippen molar-refractivity contribution in [1.29, 1.82) is 0 Å². The number of guanidine groups is 1. The van der Waals surface area contributed by atoms with Crippen LogP contribution in [0.4, 0.5) is 5.69 Å². The molecule has 2 aliphatic rings. The molecule has 1 aliphatic carbocycles. The fourth-order valence-corrected chi connectivity index (χ4v) is 3.92. The lowest BCUT2D eigenvalue weighted by Crippen LogP contribution is -2.53. The third-order valence-corrected chi connectivity index (χ3v) is 5.74. The molecule has 1 heterocycles. The summed E-state index contributed by atoms with van der Waals surface area (Å²) in [5, 5.41) is 6.67. The van der Waals surface area contributed by atoms with Crippen LogP contribution < -0.4 is 15.5 Å². The van der Waals surface area contributed by atoms with Crippen molar-refractivity contribution in [3.05, 3.63) is 30.3 Å². The van der Waals surface area contributed by atoms with Gasteiger partial charge in [0.05, 0.1) is 6.54 Å². The van der Waals surface area contributed by atoms with Crippen LogP contribution in [0.25, 0.3) is 0 Å². The van der Waals surface area contributed by atoms with Gasteiger partial charge in [0.15, 0.2) is 5.96 Å². The van der Waals surface area contributed by atoms with E-state index in [0.29, 0.717) is 12.6 Å². The van der Waals surface area contributed by atoms with E-state index < -0.39 is 0 Å². The summed E-state index contributed by atoms with van der Waals surface area (Å²) in [6.07, 6.45) is 4.88. The lowest BCUT2D eigenvalue weighted by atomic mass is 9.87. The maximum absolute atomic E-state index is 12.6. The van der Waals surface area contributed by atoms with E-state index >= 15 is 0 Å². The molecule has 1 saturated heterocycles. The van der Waals surface area contributed by atoms with E-state index in [2.05, 4.69) is 51.7 Å². The second-order valence-electron chi connectivity index (χ2n) is 7.73. The summed E-state index contributed by atoms with van der Waals surface area (Å²) in [5.41, 5.74) is 1.23. The van der Waals surface area contributed by atoms with Crippen LogP contribution in [0, 0.1) is 5.92 Å². The van der Waals surface area contributed by atoms with Crippen LogP contribution >= 0.6 is 0 Å². The van der Waals surface area contributed by atoms with Crippen LogP contribution in [0.5, 0.6) is 0 Å². The number of nitrogens with one attached hydrogen (secondary N) is 2. The molecule has 2 fully saturated rings. The molecule has 1 aromatic rings. The number of rotatable bonds is 4. The Hall–Kier alpha value is -2.24. The summed E-state index contributed by atoms with van der Waals surface area (Å²) in [6, 6.07) is 10.9. The van der Waals surface area contributed by atoms with Gasteiger partial charge in [-0.15, -0.1) is 0 Å². The smallest absolute Gasteiger partial charge is 0.242 e. The molecule has 1 amide bonds. The molecule has 0 aromatic heterocycles. The van der Waals surface area contributed by atoms with Crippen LogP contribution in [0.2, 0.25) is 0 Å². The fourth-order valence-electron chi connectivity index (χ4n) is 3.92.